The lowest BCUT2D eigenvalue weighted by molar-refractivity contribution is -0.132. The fourth-order valence-corrected chi connectivity index (χ4v) is 3.17. The summed E-state index contributed by atoms with van der Waals surface area (Å²) in [6, 6.07) is 9.38. The van der Waals surface area contributed by atoms with E-state index in [4.69, 9.17) is 11.6 Å². The summed E-state index contributed by atoms with van der Waals surface area (Å²) >= 11 is 6.19. The molecule has 2 heterocycles. The van der Waals surface area contributed by atoms with Crippen molar-refractivity contribution in [1.82, 2.24) is 14.9 Å². The van der Waals surface area contributed by atoms with Gasteiger partial charge >= 0.3 is 0 Å². The van der Waals surface area contributed by atoms with Crippen LogP contribution in [0, 0.1) is 5.92 Å². The lowest BCUT2D eigenvalue weighted by Gasteiger charge is -2.34. The Labute approximate surface area is 151 Å². The number of hydrogen-bond donors (Lipinski definition) is 1. The number of halogens is 1. The van der Waals surface area contributed by atoms with Gasteiger partial charge in [0, 0.05) is 38.3 Å². The summed E-state index contributed by atoms with van der Waals surface area (Å²) in [7, 11) is 0. The molecule has 0 radical (unpaired) electrons. The van der Waals surface area contributed by atoms with Gasteiger partial charge in [0.15, 0.2) is 0 Å². The van der Waals surface area contributed by atoms with Crippen LogP contribution in [0.3, 0.4) is 0 Å². The Morgan fingerprint density at radius 1 is 1.12 bits per heavy atom. The Kier molecular flexibility index (Phi) is 4.44. The topological polar surface area (TPSA) is 61.4 Å². The Bertz CT molecular complexity index is 772. The quantitative estimate of drug-likeness (QED) is 0.911. The second-order valence-electron chi connectivity index (χ2n) is 6.43. The largest absolute Gasteiger partial charge is 0.339 e. The Morgan fingerprint density at radius 2 is 1.88 bits per heavy atom. The molecule has 25 heavy (non-hydrogen) atoms. The number of piperazine rings is 1. The molecule has 1 aromatic heterocycles. The first-order valence-electron chi connectivity index (χ1n) is 8.59. The maximum absolute atomic E-state index is 12.1. The van der Waals surface area contributed by atoms with Crippen molar-refractivity contribution in [3.8, 4) is 0 Å². The molecule has 1 saturated heterocycles. The lowest BCUT2D eigenvalue weighted by atomic mass is 10.2. The van der Waals surface area contributed by atoms with Crippen LogP contribution >= 0.6 is 11.6 Å². The predicted molar refractivity (Wildman–Crippen MR) is 98.3 cm³/mol. The number of benzene rings is 1. The fraction of sp³-hybridized carbons (Fsp3) is 0.389. The summed E-state index contributed by atoms with van der Waals surface area (Å²) in [4.78, 5) is 25.2. The summed E-state index contributed by atoms with van der Waals surface area (Å²) < 4.78 is 0. The van der Waals surface area contributed by atoms with Gasteiger partial charge in [0.1, 0.15) is 5.82 Å². The molecule has 1 amide bonds. The van der Waals surface area contributed by atoms with E-state index in [1.54, 1.807) is 6.20 Å². The number of para-hydroxylation sites is 1. The highest BCUT2D eigenvalue weighted by Gasteiger charge is 2.34. The molecule has 1 N–H and O–H groups in total. The minimum atomic E-state index is 0.283. The fourth-order valence-electron chi connectivity index (χ4n) is 2.99. The van der Waals surface area contributed by atoms with Crippen LogP contribution in [0.5, 0.6) is 0 Å². The Hall–Kier alpha value is -2.34. The van der Waals surface area contributed by atoms with Crippen LogP contribution in [-0.4, -0.2) is 47.0 Å². The van der Waals surface area contributed by atoms with Gasteiger partial charge in [0.25, 0.3) is 0 Å². The average Bonchev–Trinajstić information content (AvgIpc) is 3.49. The highest BCUT2D eigenvalue weighted by atomic mass is 35.5. The van der Waals surface area contributed by atoms with Crippen LogP contribution in [0.25, 0.3) is 0 Å². The number of anilines is 3. The third-order valence-corrected chi connectivity index (χ3v) is 4.91. The van der Waals surface area contributed by atoms with E-state index in [1.807, 2.05) is 35.2 Å². The van der Waals surface area contributed by atoms with Crippen molar-refractivity contribution >= 4 is 35.0 Å². The van der Waals surface area contributed by atoms with E-state index in [1.165, 1.54) is 0 Å². The highest BCUT2D eigenvalue weighted by Crippen LogP contribution is 2.31. The Balaban J connectivity index is 1.41. The SMILES string of the molecule is O=C(C1CC1)N1CCN(c2nccc(Nc3ccccc3Cl)n2)CC1. The molecule has 0 atom stereocenters. The Morgan fingerprint density at radius 3 is 2.60 bits per heavy atom. The van der Waals surface area contributed by atoms with Gasteiger partial charge in [-0.15, -0.1) is 0 Å². The van der Waals surface area contributed by atoms with Crippen molar-refractivity contribution in [2.45, 2.75) is 12.8 Å². The molecule has 1 aliphatic carbocycles. The van der Waals surface area contributed by atoms with Crippen molar-refractivity contribution in [1.29, 1.82) is 0 Å². The molecule has 0 bridgehead atoms. The first-order chi connectivity index (χ1) is 12.2. The predicted octanol–water partition coefficient (Wildman–Crippen LogP) is 2.93. The third-order valence-electron chi connectivity index (χ3n) is 4.58. The number of aromatic nitrogens is 2. The maximum atomic E-state index is 12.1. The van der Waals surface area contributed by atoms with Gasteiger partial charge in [-0.2, -0.15) is 4.98 Å². The first kappa shape index (κ1) is 16.1. The van der Waals surface area contributed by atoms with Crippen LogP contribution in [0.2, 0.25) is 5.02 Å². The van der Waals surface area contributed by atoms with Crippen LogP contribution in [-0.2, 0) is 4.79 Å². The second-order valence-corrected chi connectivity index (χ2v) is 6.84. The number of carbonyl (C=O) groups is 1. The molecule has 130 valence electrons. The van der Waals surface area contributed by atoms with Gasteiger partial charge in [-0.05, 0) is 31.0 Å². The van der Waals surface area contributed by atoms with Gasteiger partial charge in [-0.1, -0.05) is 23.7 Å². The number of carbonyl (C=O) groups excluding carboxylic acids is 1. The summed E-state index contributed by atoms with van der Waals surface area (Å²) in [6.07, 6.45) is 3.85. The van der Waals surface area contributed by atoms with E-state index in [-0.39, 0.29) is 5.92 Å². The molecule has 2 aromatic rings. The second kappa shape index (κ2) is 6.88. The summed E-state index contributed by atoms with van der Waals surface area (Å²) in [5, 5.41) is 3.88. The molecule has 1 aliphatic heterocycles. The molecule has 1 aromatic carbocycles. The number of hydrogen-bond acceptors (Lipinski definition) is 5. The summed E-state index contributed by atoms with van der Waals surface area (Å²) in [5.41, 5.74) is 0.814. The smallest absolute Gasteiger partial charge is 0.227 e. The standard InChI is InChI=1S/C18H20ClN5O/c19-14-3-1-2-4-15(14)21-16-7-8-20-18(22-16)24-11-9-23(10-12-24)17(25)13-5-6-13/h1-4,7-8,13H,5-6,9-12H2,(H,20,21,22). The van der Waals surface area contributed by atoms with Crippen LogP contribution in [0.15, 0.2) is 36.5 Å². The molecule has 1 saturated carbocycles. The van der Waals surface area contributed by atoms with Crippen molar-refractivity contribution in [3.05, 3.63) is 41.6 Å². The van der Waals surface area contributed by atoms with Crippen molar-refractivity contribution in [2.75, 3.05) is 36.4 Å². The third kappa shape index (κ3) is 3.69. The van der Waals surface area contributed by atoms with Crippen LogP contribution < -0.4 is 10.2 Å². The molecule has 7 heteroatoms. The molecular formula is C18H20ClN5O. The highest BCUT2D eigenvalue weighted by molar-refractivity contribution is 6.33. The van der Waals surface area contributed by atoms with E-state index in [0.29, 0.717) is 22.7 Å². The zero-order valence-electron chi connectivity index (χ0n) is 13.9. The van der Waals surface area contributed by atoms with Crippen LogP contribution in [0.1, 0.15) is 12.8 Å². The van der Waals surface area contributed by atoms with Crippen molar-refractivity contribution < 1.29 is 4.79 Å². The summed E-state index contributed by atoms with van der Waals surface area (Å²) in [5.74, 6) is 1.98. The van der Waals surface area contributed by atoms with Gasteiger partial charge in [-0.25, -0.2) is 4.98 Å². The molecule has 4 rings (SSSR count). The van der Waals surface area contributed by atoms with Gasteiger partial charge in [0.2, 0.25) is 11.9 Å². The van der Waals surface area contributed by atoms with E-state index in [0.717, 1.165) is 44.7 Å². The molecule has 0 unspecified atom stereocenters. The average molecular weight is 358 g/mol. The lowest BCUT2D eigenvalue weighted by Crippen LogP contribution is -2.49. The van der Waals surface area contributed by atoms with E-state index in [2.05, 4.69) is 20.2 Å². The number of rotatable bonds is 4. The summed E-state index contributed by atoms with van der Waals surface area (Å²) in [6.45, 7) is 2.99. The number of nitrogens with zero attached hydrogens (tertiary/aromatic N) is 4. The molecule has 2 aliphatic rings. The molecular weight excluding hydrogens is 338 g/mol. The molecule has 0 spiro atoms. The number of amides is 1. The first-order valence-corrected chi connectivity index (χ1v) is 8.97. The number of nitrogens with one attached hydrogen (secondary N) is 1. The molecule has 2 fully saturated rings. The van der Waals surface area contributed by atoms with Crippen molar-refractivity contribution in [3.63, 3.8) is 0 Å². The van der Waals surface area contributed by atoms with Gasteiger partial charge < -0.3 is 15.1 Å². The van der Waals surface area contributed by atoms with E-state index in [9.17, 15) is 4.79 Å². The zero-order valence-corrected chi connectivity index (χ0v) is 14.6. The molecule has 6 nitrogen and oxygen atoms in total. The van der Waals surface area contributed by atoms with Crippen LogP contribution in [0.4, 0.5) is 17.5 Å². The van der Waals surface area contributed by atoms with Crippen molar-refractivity contribution in [2.24, 2.45) is 5.92 Å². The normalized spacial score (nSPS) is 17.5. The monoisotopic (exact) mass is 357 g/mol. The van der Waals surface area contributed by atoms with E-state index < -0.39 is 0 Å². The zero-order chi connectivity index (χ0) is 17.2. The van der Waals surface area contributed by atoms with Gasteiger partial charge in [0.05, 0.1) is 10.7 Å². The van der Waals surface area contributed by atoms with Gasteiger partial charge in [-0.3, -0.25) is 4.79 Å². The minimum absolute atomic E-state index is 0.283. The van der Waals surface area contributed by atoms with E-state index >= 15 is 0 Å². The maximum Gasteiger partial charge on any atom is 0.227 e. The minimum Gasteiger partial charge on any atom is -0.339 e.